The smallest absolute Gasteiger partial charge is 0.261 e. The third-order valence-corrected chi connectivity index (χ3v) is 2.93. The van der Waals surface area contributed by atoms with E-state index in [4.69, 9.17) is 0 Å². The lowest BCUT2D eigenvalue weighted by atomic mass is 10.1. The first kappa shape index (κ1) is 12.2. The van der Waals surface area contributed by atoms with Gasteiger partial charge in [-0.25, -0.2) is 8.78 Å². The Morgan fingerprint density at radius 3 is 2.65 bits per heavy atom. The highest BCUT2D eigenvalue weighted by Crippen LogP contribution is 2.27. The van der Waals surface area contributed by atoms with Gasteiger partial charge in [0.05, 0.1) is 6.54 Å². The van der Waals surface area contributed by atoms with Crippen molar-refractivity contribution in [1.29, 1.82) is 0 Å². The largest absolute Gasteiger partial charge is 0.293 e. The van der Waals surface area contributed by atoms with Crippen LogP contribution in [0.2, 0.25) is 0 Å². The van der Waals surface area contributed by atoms with Gasteiger partial charge in [-0.15, -0.1) is 0 Å². The van der Waals surface area contributed by atoms with Crippen molar-refractivity contribution in [3.63, 3.8) is 0 Å². The first-order valence-electron chi connectivity index (χ1n) is 5.88. The molecule has 1 fully saturated rings. The van der Waals surface area contributed by atoms with Gasteiger partial charge in [0.25, 0.3) is 5.92 Å². The van der Waals surface area contributed by atoms with Crippen molar-refractivity contribution in [3.05, 3.63) is 41.5 Å². The predicted octanol–water partition coefficient (Wildman–Crippen LogP) is 3.43. The van der Waals surface area contributed by atoms with Crippen LogP contribution in [-0.4, -0.2) is 30.5 Å². The second-order valence-electron chi connectivity index (χ2n) is 4.72. The molecular formula is C14H17F2N. The van der Waals surface area contributed by atoms with E-state index in [1.165, 1.54) is 0 Å². The Labute approximate surface area is 101 Å². The number of rotatable bonds is 3. The summed E-state index contributed by atoms with van der Waals surface area (Å²) < 4.78 is 26.0. The Morgan fingerprint density at radius 2 is 2.06 bits per heavy atom. The SMILES string of the molecule is CC(=Cc1ccccc1)CN1CCC(F)(F)C1. The van der Waals surface area contributed by atoms with Crippen LogP contribution < -0.4 is 0 Å². The zero-order valence-electron chi connectivity index (χ0n) is 10.00. The highest BCUT2D eigenvalue weighted by atomic mass is 19.3. The molecule has 0 radical (unpaired) electrons. The molecule has 1 aromatic carbocycles. The van der Waals surface area contributed by atoms with Crippen LogP contribution in [0.3, 0.4) is 0 Å². The summed E-state index contributed by atoms with van der Waals surface area (Å²) in [5.41, 5.74) is 2.24. The van der Waals surface area contributed by atoms with E-state index >= 15 is 0 Å². The van der Waals surface area contributed by atoms with Crippen molar-refractivity contribution >= 4 is 6.08 Å². The quantitative estimate of drug-likeness (QED) is 0.778. The summed E-state index contributed by atoms with van der Waals surface area (Å²) in [4.78, 5) is 1.81. The first-order valence-corrected chi connectivity index (χ1v) is 5.88. The van der Waals surface area contributed by atoms with E-state index in [0.29, 0.717) is 13.1 Å². The standard InChI is InChI=1S/C14H17F2N/c1-12(9-13-5-3-2-4-6-13)10-17-8-7-14(15,16)11-17/h2-6,9H,7-8,10-11H2,1H3. The number of nitrogens with zero attached hydrogens (tertiary/aromatic N) is 1. The Kier molecular flexibility index (Phi) is 3.57. The highest BCUT2D eigenvalue weighted by molar-refractivity contribution is 5.52. The van der Waals surface area contributed by atoms with Crippen LogP contribution >= 0.6 is 0 Å². The van der Waals surface area contributed by atoms with Crippen LogP contribution in [0.4, 0.5) is 8.78 Å². The van der Waals surface area contributed by atoms with Gasteiger partial charge in [-0.3, -0.25) is 4.90 Å². The summed E-state index contributed by atoms with van der Waals surface area (Å²) in [6, 6.07) is 9.95. The van der Waals surface area contributed by atoms with Gasteiger partial charge < -0.3 is 0 Å². The van der Waals surface area contributed by atoms with Gasteiger partial charge in [0.1, 0.15) is 0 Å². The average Bonchev–Trinajstić information content (AvgIpc) is 2.59. The lowest BCUT2D eigenvalue weighted by molar-refractivity contribution is 0.0131. The van der Waals surface area contributed by atoms with Gasteiger partial charge >= 0.3 is 0 Å². The Balaban J connectivity index is 1.94. The molecule has 3 heteroatoms. The summed E-state index contributed by atoms with van der Waals surface area (Å²) in [5, 5.41) is 0. The monoisotopic (exact) mass is 237 g/mol. The van der Waals surface area contributed by atoms with E-state index in [0.717, 1.165) is 11.1 Å². The molecule has 1 aliphatic rings. The van der Waals surface area contributed by atoms with Crippen molar-refractivity contribution in [2.24, 2.45) is 0 Å². The van der Waals surface area contributed by atoms with E-state index in [1.807, 2.05) is 42.2 Å². The van der Waals surface area contributed by atoms with Crippen molar-refractivity contribution in [1.82, 2.24) is 4.90 Å². The third-order valence-electron chi connectivity index (χ3n) is 2.93. The molecule has 0 spiro atoms. The van der Waals surface area contributed by atoms with Gasteiger partial charge in [-0.05, 0) is 12.5 Å². The minimum Gasteiger partial charge on any atom is -0.293 e. The Bertz CT molecular complexity index is 398. The van der Waals surface area contributed by atoms with Crippen LogP contribution in [-0.2, 0) is 0 Å². The van der Waals surface area contributed by atoms with Crippen LogP contribution in [0.1, 0.15) is 18.9 Å². The molecule has 92 valence electrons. The van der Waals surface area contributed by atoms with E-state index < -0.39 is 5.92 Å². The Morgan fingerprint density at radius 1 is 1.35 bits per heavy atom. The number of alkyl halides is 2. The molecule has 1 aromatic rings. The van der Waals surface area contributed by atoms with Crippen LogP contribution in [0, 0.1) is 0 Å². The molecule has 0 bridgehead atoms. The molecule has 2 rings (SSSR count). The number of halogens is 2. The van der Waals surface area contributed by atoms with Gasteiger partial charge in [0.2, 0.25) is 0 Å². The summed E-state index contributed by atoms with van der Waals surface area (Å²) in [6.07, 6.45) is 2.04. The molecule has 0 saturated carbocycles. The summed E-state index contributed by atoms with van der Waals surface area (Å²) >= 11 is 0. The zero-order valence-corrected chi connectivity index (χ0v) is 10.00. The lowest BCUT2D eigenvalue weighted by Gasteiger charge is -2.15. The number of hydrogen-bond acceptors (Lipinski definition) is 1. The van der Waals surface area contributed by atoms with Gasteiger partial charge in [0.15, 0.2) is 0 Å². The fourth-order valence-electron chi connectivity index (χ4n) is 2.17. The maximum atomic E-state index is 13.0. The summed E-state index contributed by atoms with van der Waals surface area (Å²) in [7, 11) is 0. The molecule has 17 heavy (non-hydrogen) atoms. The molecule has 1 nitrogen and oxygen atoms in total. The normalized spacial score (nSPS) is 20.8. The van der Waals surface area contributed by atoms with Crippen LogP contribution in [0.25, 0.3) is 6.08 Å². The topological polar surface area (TPSA) is 3.24 Å². The van der Waals surface area contributed by atoms with Crippen molar-refractivity contribution < 1.29 is 8.78 Å². The third kappa shape index (κ3) is 3.63. The number of benzene rings is 1. The summed E-state index contributed by atoms with van der Waals surface area (Å²) in [5.74, 6) is -2.49. The van der Waals surface area contributed by atoms with Crippen LogP contribution in [0.15, 0.2) is 35.9 Å². The molecule has 0 atom stereocenters. The fraction of sp³-hybridized carbons (Fsp3) is 0.429. The van der Waals surface area contributed by atoms with Crippen molar-refractivity contribution in [3.8, 4) is 0 Å². The average molecular weight is 237 g/mol. The minimum absolute atomic E-state index is 0.00832. The van der Waals surface area contributed by atoms with E-state index in [1.54, 1.807) is 0 Å². The molecule has 0 aromatic heterocycles. The molecule has 1 saturated heterocycles. The molecule has 0 N–H and O–H groups in total. The molecule has 0 aliphatic carbocycles. The Hall–Kier alpha value is -1.22. The van der Waals surface area contributed by atoms with Crippen molar-refractivity contribution in [2.45, 2.75) is 19.3 Å². The second-order valence-corrected chi connectivity index (χ2v) is 4.72. The molecule has 1 aliphatic heterocycles. The lowest BCUT2D eigenvalue weighted by Crippen LogP contribution is -2.26. The summed E-state index contributed by atoms with van der Waals surface area (Å²) in [6.45, 7) is 3.01. The number of likely N-dealkylation sites (tertiary alicyclic amines) is 1. The first-order chi connectivity index (χ1) is 8.05. The van der Waals surface area contributed by atoms with Gasteiger partial charge in [-0.1, -0.05) is 42.0 Å². The predicted molar refractivity (Wildman–Crippen MR) is 66.1 cm³/mol. The van der Waals surface area contributed by atoms with Crippen molar-refractivity contribution in [2.75, 3.05) is 19.6 Å². The maximum absolute atomic E-state index is 13.0. The molecule has 1 heterocycles. The number of hydrogen-bond donors (Lipinski definition) is 0. The van der Waals surface area contributed by atoms with E-state index in [2.05, 4.69) is 6.08 Å². The molecule has 0 unspecified atom stereocenters. The fourth-order valence-corrected chi connectivity index (χ4v) is 2.17. The van der Waals surface area contributed by atoms with E-state index in [9.17, 15) is 8.78 Å². The second kappa shape index (κ2) is 4.96. The minimum atomic E-state index is -2.49. The maximum Gasteiger partial charge on any atom is 0.261 e. The van der Waals surface area contributed by atoms with Crippen LogP contribution in [0.5, 0.6) is 0 Å². The van der Waals surface area contributed by atoms with Gasteiger partial charge in [0, 0.05) is 19.5 Å². The highest BCUT2D eigenvalue weighted by Gasteiger charge is 2.37. The molecular weight excluding hydrogens is 220 g/mol. The van der Waals surface area contributed by atoms with E-state index in [-0.39, 0.29) is 13.0 Å². The zero-order chi connectivity index (χ0) is 12.3. The van der Waals surface area contributed by atoms with Gasteiger partial charge in [-0.2, -0.15) is 0 Å². The molecule has 0 amide bonds.